The number of ether oxygens (including phenoxy) is 2. The quantitative estimate of drug-likeness (QED) is 0.534. The minimum Gasteiger partial charge on any atom is -0.496 e. The third kappa shape index (κ3) is 4.64. The fourth-order valence-corrected chi connectivity index (χ4v) is 3.70. The molecule has 2 heterocycles. The van der Waals surface area contributed by atoms with E-state index in [1.54, 1.807) is 49.6 Å². The van der Waals surface area contributed by atoms with Crippen LogP contribution in [0.25, 0.3) is 6.08 Å². The summed E-state index contributed by atoms with van der Waals surface area (Å²) in [7, 11) is 1.58. The first-order valence-electron chi connectivity index (χ1n) is 9.48. The van der Waals surface area contributed by atoms with Crippen molar-refractivity contribution >= 4 is 39.5 Å². The van der Waals surface area contributed by atoms with E-state index in [-0.39, 0.29) is 24.8 Å². The van der Waals surface area contributed by atoms with Gasteiger partial charge in [0.15, 0.2) is 11.5 Å². The summed E-state index contributed by atoms with van der Waals surface area (Å²) in [4.78, 5) is 27.1. The number of halogens is 1. The third-order valence-corrected chi connectivity index (χ3v) is 5.27. The number of carbonyl (C=O) groups excluding carboxylic acids is 2. The van der Waals surface area contributed by atoms with Crippen LogP contribution >= 0.6 is 15.9 Å². The van der Waals surface area contributed by atoms with Crippen molar-refractivity contribution < 1.29 is 23.5 Å². The van der Waals surface area contributed by atoms with Gasteiger partial charge in [-0.15, -0.1) is 0 Å². The number of anilines is 1. The fraction of sp³-hybridized carbons (Fsp3) is 0.130. The minimum absolute atomic E-state index is 0.120. The van der Waals surface area contributed by atoms with E-state index in [1.807, 2.05) is 18.2 Å². The molecule has 7 nitrogen and oxygen atoms in total. The topological polar surface area (TPSA) is 81.0 Å². The van der Waals surface area contributed by atoms with Gasteiger partial charge >= 0.3 is 0 Å². The molecule has 1 aliphatic rings. The highest BCUT2D eigenvalue weighted by Gasteiger charge is 2.31. The van der Waals surface area contributed by atoms with Gasteiger partial charge in [0.1, 0.15) is 18.1 Å². The second kappa shape index (κ2) is 9.09. The Morgan fingerprint density at radius 1 is 1.19 bits per heavy atom. The number of hydrogen-bond acceptors (Lipinski definition) is 5. The van der Waals surface area contributed by atoms with Crippen LogP contribution in [0.5, 0.6) is 11.5 Å². The Hall–Kier alpha value is -3.52. The van der Waals surface area contributed by atoms with E-state index in [2.05, 4.69) is 21.2 Å². The highest BCUT2D eigenvalue weighted by atomic mass is 79.9. The molecule has 31 heavy (non-hydrogen) atoms. The molecule has 2 aromatic carbocycles. The molecule has 2 amide bonds. The van der Waals surface area contributed by atoms with Gasteiger partial charge in [-0.25, -0.2) is 0 Å². The van der Waals surface area contributed by atoms with Gasteiger partial charge < -0.3 is 19.2 Å². The Kier molecular flexibility index (Phi) is 6.08. The van der Waals surface area contributed by atoms with Crippen molar-refractivity contribution in [3.8, 4) is 11.5 Å². The summed E-state index contributed by atoms with van der Waals surface area (Å²) in [6.07, 6.45) is 3.17. The van der Waals surface area contributed by atoms with E-state index < -0.39 is 5.91 Å². The van der Waals surface area contributed by atoms with E-state index in [0.29, 0.717) is 22.9 Å². The summed E-state index contributed by atoms with van der Waals surface area (Å²) in [5, 5.41) is 2.76. The second-order valence-corrected chi connectivity index (χ2v) is 7.57. The zero-order valence-corrected chi connectivity index (χ0v) is 18.2. The van der Waals surface area contributed by atoms with E-state index in [4.69, 9.17) is 13.9 Å². The third-order valence-electron chi connectivity index (χ3n) is 4.65. The second-order valence-electron chi connectivity index (χ2n) is 6.72. The molecule has 3 aromatic rings. The molecule has 1 N–H and O–H groups in total. The molecule has 8 heteroatoms. The van der Waals surface area contributed by atoms with Crippen LogP contribution in [0.4, 0.5) is 5.69 Å². The van der Waals surface area contributed by atoms with Gasteiger partial charge in [-0.05, 0) is 64.0 Å². The molecule has 0 aliphatic carbocycles. The lowest BCUT2D eigenvalue weighted by atomic mass is 10.1. The van der Waals surface area contributed by atoms with Crippen molar-refractivity contribution in [1.29, 1.82) is 0 Å². The Morgan fingerprint density at radius 3 is 2.77 bits per heavy atom. The number of methoxy groups -OCH3 is 1. The van der Waals surface area contributed by atoms with Crippen LogP contribution in [0.15, 0.2) is 75.5 Å². The summed E-state index contributed by atoms with van der Waals surface area (Å²) in [6, 6.07) is 16.0. The summed E-state index contributed by atoms with van der Waals surface area (Å²) in [5.41, 5.74) is 1.28. The summed E-state index contributed by atoms with van der Waals surface area (Å²) in [5.74, 6) is 1.21. The van der Waals surface area contributed by atoms with E-state index >= 15 is 0 Å². The Bertz CT molecular complexity index is 1140. The SMILES string of the molecule is COc1ccc(/C=C2\Oc3ccccc3N(CC(=O)NCc3ccco3)C2=O)cc1Br. The van der Waals surface area contributed by atoms with Crippen LogP contribution in [-0.4, -0.2) is 25.5 Å². The number of nitrogens with one attached hydrogen (secondary N) is 1. The van der Waals surface area contributed by atoms with Gasteiger partial charge in [0.25, 0.3) is 5.91 Å². The lowest BCUT2D eigenvalue weighted by Crippen LogP contribution is -2.44. The summed E-state index contributed by atoms with van der Waals surface area (Å²) < 4.78 is 17.1. The van der Waals surface area contributed by atoms with Gasteiger partial charge in [0, 0.05) is 0 Å². The normalized spacial score (nSPS) is 14.2. The zero-order valence-electron chi connectivity index (χ0n) is 16.6. The van der Waals surface area contributed by atoms with Crippen molar-refractivity contribution in [3.05, 3.63) is 82.4 Å². The molecular formula is C23H19BrN2O5. The van der Waals surface area contributed by atoms with Crippen LogP contribution in [0.2, 0.25) is 0 Å². The standard InChI is InChI=1S/C23H19BrN2O5/c1-29-19-9-8-15(11-17(19)24)12-21-23(28)26(18-6-2-3-7-20(18)31-21)14-22(27)25-13-16-5-4-10-30-16/h2-12H,13-14H2,1H3,(H,25,27)/b21-12-. The van der Waals surface area contributed by atoms with Crippen LogP contribution < -0.4 is 19.7 Å². The Labute approximate surface area is 187 Å². The number of carbonyl (C=O) groups is 2. The molecule has 4 rings (SSSR count). The first-order valence-corrected chi connectivity index (χ1v) is 10.3. The monoisotopic (exact) mass is 482 g/mol. The van der Waals surface area contributed by atoms with Gasteiger partial charge in [-0.1, -0.05) is 18.2 Å². The fourth-order valence-electron chi connectivity index (χ4n) is 3.14. The van der Waals surface area contributed by atoms with Crippen molar-refractivity contribution in [2.24, 2.45) is 0 Å². The zero-order chi connectivity index (χ0) is 21.8. The molecule has 1 aromatic heterocycles. The first kappa shape index (κ1) is 20.7. The molecule has 0 atom stereocenters. The maximum Gasteiger partial charge on any atom is 0.294 e. The van der Waals surface area contributed by atoms with E-state index in [0.717, 1.165) is 10.0 Å². The largest absolute Gasteiger partial charge is 0.496 e. The predicted molar refractivity (Wildman–Crippen MR) is 119 cm³/mol. The lowest BCUT2D eigenvalue weighted by Gasteiger charge is -2.30. The average molecular weight is 483 g/mol. The number of furan rings is 1. The highest BCUT2D eigenvalue weighted by molar-refractivity contribution is 9.10. The van der Waals surface area contributed by atoms with Crippen molar-refractivity contribution in [1.82, 2.24) is 5.32 Å². The molecular weight excluding hydrogens is 464 g/mol. The molecule has 0 bridgehead atoms. The number of para-hydroxylation sites is 2. The van der Waals surface area contributed by atoms with Crippen molar-refractivity contribution in [2.45, 2.75) is 6.54 Å². The smallest absolute Gasteiger partial charge is 0.294 e. The molecule has 0 saturated heterocycles. The van der Waals surface area contributed by atoms with Crippen LogP contribution in [0, 0.1) is 0 Å². The molecule has 0 fully saturated rings. The van der Waals surface area contributed by atoms with Crippen LogP contribution in [0.1, 0.15) is 11.3 Å². The number of fused-ring (bicyclic) bond motifs is 1. The minimum atomic E-state index is -0.404. The number of benzene rings is 2. The molecule has 0 radical (unpaired) electrons. The van der Waals surface area contributed by atoms with Crippen molar-refractivity contribution in [2.75, 3.05) is 18.6 Å². The molecule has 158 valence electrons. The summed E-state index contributed by atoms with van der Waals surface area (Å²) in [6.45, 7) is 0.0954. The molecule has 0 saturated carbocycles. The highest BCUT2D eigenvalue weighted by Crippen LogP contribution is 2.36. The van der Waals surface area contributed by atoms with Gasteiger partial charge in [0.2, 0.25) is 5.91 Å². The van der Waals surface area contributed by atoms with Crippen molar-refractivity contribution in [3.63, 3.8) is 0 Å². The molecule has 0 spiro atoms. The number of nitrogens with zero attached hydrogens (tertiary/aromatic N) is 1. The lowest BCUT2D eigenvalue weighted by molar-refractivity contribution is -0.123. The Morgan fingerprint density at radius 2 is 2.03 bits per heavy atom. The number of amides is 2. The van der Waals surface area contributed by atoms with Crippen LogP contribution in [0.3, 0.4) is 0 Å². The first-order chi connectivity index (χ1) is 15.0. The van der Waals surface area contributed by atoms with E-state index in [1.165, 1.54) is 11.2 Å². The maximum absolute atomic E-state index is 13.2. The van der Waals surface area contributed by atoms with Gasteiger partial charge in [0.05, 0.1) is 30.1 Å². The van der Waals surface area contributed by atoms with E-state index in [9.17, 15) is 9.59 Å². The van der Waals surface area contributed by atoms with Gasteiger partial charge in [-0.2, -0.15) is 0 Å². The average Bonchev–Trinajstić information content (AvgIpc) is 3.29. The summed E-state index contributed by atoms with van der Waals surface area (Å²) >= 11 is 3.44. The number of rotatable bonds is 6. The predicted octanol–water partition coefficient (Wildman–Crippen LogP) is 4.13. The molecule has 0 unspecified atom stereocenters. The number of hydrogen-bond donors (Lipinski definition) is 1. The maximum atomic E-state index is 13.2. The Balaban J connectivity index is 1.58. The van der Waals surface area contributed by atoms with Gasteiger partial charge in [-0.3, -0.25) is 14.5 Å². The van der Waals surface area contributed by atoms with Crippen LogP contribution in [-0.2, 0) is 16.1 Å². The molecule has 1 aliphatic heterocycles.